The minimum absolute atomic E-state index is 0.610. The molecule has 0 aromatic heterocycles. The van der Waals surface area contributed by atoms with Gasteiger partial charge in [0.1, 0.15) is 0 Å². The van der Waals surface area contributed by atoms with E-state index in [0.29, 0.717) is 10.7 Å². The van der Waals surface area contributed by atoms with Crippen LogP contribution >= 0.6 is 11.6 Å². The topological polar surface area (TPSA) is 38.0 Å². The van der Waals surface area contributed by atoms with Crippen molar-refractivity contribution >= 4 is 28.7 Å². The molecule has 0 amide bonds. The summed E-state index contributed by atoms with van der Waals surface area (Å²) in [5.41, 5.74) is 8.09. The van der Waals surface area contributed by atoms with E-state index in [0.717, 1.165) is 11.4 Å². The normalized spacial score (nSPS) is 9.93. The molecule has 0 unspecified atom stereocenters. The second kappa shape index (κ2) is 4.24. The predicted octanol–water partition coefficient (Wildman–Crippen LogP) is 3.47. The lowest BCUT2D eigenvalue weighted by molar-refractivity contribution is 1.54. The molecule has 2 aromatic carbocycles. The van der Waals surface area contributed by atoms with Gasteiger partial charge >= 0.3 is 0 Å². The van der Waals surface area contributed by atoms with Crippen LogP contribution in [0.25, 0.3) is 0 Å². The number of nitrogens with one attached hydrogen (secondary N) is 1. The molecule has 0 spiro atoms. The molecular weight excluding hydrogens is 208 g/mol. The van der Waals surface area contributed by atoms with E-state index in [1.165, 1.54) is 0 Å². The fourth-order valence-electron chi connectivity index (χ4n) is 1.29. The third-order valence-electron chi connectivity index (χ3n) is 2.02. The number of anilines is 3. The molecule has 0 saturated carbocycles. The number of hydrogen-bond donors (Lipinski definition) is 2. The van der Waals surface area contributed by atoms with E-state index in [9.17, 15) is 0 Å². The summed E-state index contributed by atoms with van der Waals surface area (Å²) >= 11 is 6.03. The molecule has 0 saturated heterocycles. The molecule has 75 valence electrons. The maximum Gasteiger partial charge on any atom is 0.0807 e. The van der Waals surface area contributed by atoms with Crippen LogP contribution in [0.2, 0.25) is 5.02 Å². The zero-order chi connectivity index (χ0) is 10.7. The summed E-state index contributed by atoms with van der Waals surface area (Å²) in [4.78, 5) is 0. The van der Waals surface area contributed by atoms with Gasteiger partial charge in [-0.1, -0.05) is 29.8 Å². The molecule has 3 heteroatoms. The summed E-state index contributed by atoms with van der Waals surface area (Å²) in [5, 5.41) is 3.76. The molecule has 2 aromatic rings. The van der Waals surface area contributed by atoms with Crippen LogP contribution in [0.15, 0.2) is 42.5 Å². The molecule has 0 aliphatic heterocycles. The van der Waals surface area contributed by atoms with Crippen molar-refractivity contribution in [2.75, 3.05) is 11.1 Å². The number of nitrogens with two attached hydrogens (primary N) is 1. The van der Waals surface area contributed by atoms with Crippen LogP contribution in [-0.2, 0) is 0 Å². The maximum absolute atomic E-state index is 6.03. The Morgan fingerprint density at radius 1 is 1.20 bits per heavy atom. The highest BCUT2D eigenvalue weighted by Crippen LogP contribution is 2.30. The molecule has 0 bridgehead atoms. The first-order chi connectivity index (χ1) is 7.27. The third kappa shape index (κ3) is 2.22. The van der Waals surface area contributed by atoms with Gasteiger partial charge in [0.2, 0.25) is 0 Å². The Bertz CT molecular complexity index is 434. The van der Waals surface area contributed by atoms with Gasteiger partial charge in [-0.15, -0.1) is 0 Å². The minimum atomic E-state index is 0.610. The molecule has 0 aliphatic rings. The van der Waals surface area contributed by atoms with E-state index in [1.54, 1.807) is 12.1 Å². The highest BCUT2D eigenvalue weighted by Gasteiger charge is 2.03. The first-order valence-electron chi connectivity index (χ1n) is 4.54. The Morgan fingerprint density at radius 2 is 2.07 bits per heavy atom. The molecule has 0 atom stereocenters. The Balaban J connectivity index is 2.32. The average Bonchev–Trinajstić information content (AvgIpc) is 2.25. The molecule has 0 aliphatic carbocycles. The van der Waals surface area contributed by atoms with Gasteiger partial charge in [0.15, 0.2) is 0 Å². The van der Waals surface area contributed by atoms with Crippen molar-refractivity contribution in [3.8, 4) is 0 Å². The summed E-state index contributed by atoms with van der Waals surface area (Å²) in [6, 6.07) is 15.9. The van der Waals surface area contributed by atoms with Crippen LogP contribution in [0.5, 0.6) is 0 Å². The van der Waals surface area contributed by atoms with Crippen LogP contribution in [0.1, 0.15) is 0 Å². The van der Waals surface area contributed by atoms with Crippen LogP contribution in [-0.4, -0.2) is 0 Å². The largest absolute Gasteiger partial charge is 0.397 e. The SMILES string of the molecule is Nc1cccc(Cl)c1Nc1c[c]ccc1. The van der Waals surface area contributed by atoms with E-state index in [4.69, 9.17) is 17.3 Å². The highest BCUT2D eigenvalue weighted by molar-refractivity contribution is 6.34. The number of benzene rings is 2. The van der Waals surface area contributed by atoms with Crippen LogP contribution in [0.3, 0.4) is 0 Å². The van der Waals surface area contributed by atoms with Crippen molar-refractivity contribution in [3.63, 3.8) is 0 Å². The van der Waals surface area contributed by atoms with E-state index < -0.39 is 0 Å². The highest BCUT2D eigenvalue weighted by atomic mass is 35.5. The van der Waals surface area contributed by atoms with Gasteiger partial charge in [0.25, 0.3) is 0 Å². The fourth-order valence-corrected chi connectivity index (χ4v) is 1.52. The van der Waals surface area contributed by atoms with Crippen molar-refractivity contribution in [2.45, 2.75) is 0 Å². The predicted molar refractivity (Wildman–Crippen MR) is 64.4 cm³/mol. The van der Waals surface area contributed by atoms with Gasteiger partial charge in [-0.05, 0) is 30.3 Å². The van der Waals surface area contributed by atoms with Crippen molar-refractivity contribution in [1.82, 2.24) is 0 Å². The first-order valence-corrected chi connectivity index (χ1v) is 4.92. The second-order valence-corrected chi connectivity index (χ2v) is 3.53. The summed E-state index contributed by atoms with van der Waals surface area (Å²) < 4.78 is 0. The quantitative estimate of drug-likeness (QED) is 0.756. The second-order valence-electron chi connectivity index (χ2n) is 3.12. The van der Waals surface area contributed by atoms with Gasteiger partial charge in [0, 0.05) is 5.69 Å². The number of para-hydroxylation sites is 1. The van der Waals surface area contributed by atoms with E-state index in [1.807, 2.05) is 30.3 Å². The van der Waals surface area contributed by atoms with Gasteiger partial charge in [-0.2, -0.15) is 0 Å². The van der Waals surface area contributed by atoms with Gasteiger partial charge < -0.3 is 11.1 Å². The molecule has 0 fully saturated rings. The van der Waals surface area contributed by atoms with Gasteiger partial charge in [0.05, 0.1) is 16.4 Å². The average molecular weight is 218 g/mol. The Morgan fingerprint density at radius 3 is 2.73 bits per heavy atom. The molecule has 2 nitrogen and oxygen atoms in total. The van der Waals surface area contributed by atoms with Crippen molar-refractivity contribution in [3.05, 3.63) is 53.6 Å². The summed E-state index contributed by atoms with van der Waals surface area (Å²) in [6.45, 7) is 0. The van der Waals surface area contributed by atoms with Crippen molar-refractivity contribution in [2.24, 2.45) is 0 Å². The van der Waals surface area contributed by atoms with Crippen LogP contribution in [0, 0.1) is 6.07 Å². The number of halogens is 1. The summed E-state index contributed by atoms with van der Waals surface area (Å²) in [6.07, 6.45) is 0. The number of nitrogen functional groups attached to an aromatic ring is 1. The first kappa shape index (κ1) is 9.87. The van der Waals surface area contributed by atoms with E-state index in [2.05, 4.69) is 11.4 Å². The zero-order valence-electron chi connectivity index (χ0n) is 8.00. The van der Waals surface area contributed by atoms with E-state index >= 15 is 0 Å². The Labute approximate surface area is 93.7 Å². The lowest BCUT2D eigenvalue weighted by Crippen LogP contribution is -1.96. The van der Waals surface area contributed by atoms with Crippen LogP contribution < -0.4 is 11.1 Å². The van der Waals surface area contributed by atoms with Crippen LogP contribution in [0.4, 0.5) is 17.1 Å². The van der Waals surface area contributed by atoms with Crippen molar-refractivity contribution in [1.29, 1.82) is 0 Å². The third-order valence-corrected chi connectivity index (χ3v) is 2.34. The molecule has 1 radical (unpaired) electrons. The van der Waals surface area contributed by atoms with Crippen molar-refractivity contribution < 1.29 is 0 Å². The zero-order valence-corrected chi connectivity index (χ0v) is 8.75. The summed E-state index contributed by atoms with van der Waals surface area (Å²) in [5.74, 6) is 0. The fraction of sp³-hybridized carbons (Fsp3) is 0. The van der Waals surface area contributed by atoms with E-state index in [-0.39, 0.29) is 0 Å². The Hall–Kier alpha value is -1.67. The molecule has 2 rings (SSSR count). The summed E-state index contributed by atoms with van der Waals surface area (Å²) in [7, 11) is 0. The molecule has 0 heterocycles. The smallest absolute Gasteiger partial charge is 0.0807 e. The van der Waals surface area contributed by atoms with Gasteiger partial charge in [-0.25, -0.2) is 0 Å². The number of hydrogen-bond acceptors (Lipinski definition) is 2. The minimum Gasteiger partial charge on any atom is -0.397 e. The standard InChI is InChI=1S/C12H10ClN2/c13-10-7-4-8-11(14)12(10)15-9-5-2-1-3-6-9/h1-2,4-8,15H,14H2. The number of rotatable bonds is 2. The molecule has 15 heavy (non-hydrogen) atoms. The lowest BCUT2D eigenvalue weighted by atomic mass is 10.2. The monoisotopic (exact) mass is 217 g/mol. The maximum atomic E-state index is 6.03. The lowest BCUT2D eigenvalue weighted by Gasteiger charge is -2.10. The Kier molecular flexibility index (Phi) is 2.79. The molecule has 3 N–H and O–H groups in total. The molecular formula is C12H10ClN2. The van der Waals surface area contributed by atoms with Gasteiger partial charge in [-0.3, -0.25) is 0 Å².